The van der Waals surface area contributed by atoms with Gasteiger partial charge in [0, 0.05) is 25.7 Å². The predicted octanol–water partition coefficient (Wildman–Crippen LogP) is 2.00. The minimum absolute atomic E-state index is 0.164. The first-order chi connectivity index (χ1) is 7.96. The van der Waals surface area contributed by atoms with Crippen LogP contribution < -0.4 is 5.32 Å². The quantitative estimate of drug-likeness (QED) is 0.762. The summed E-state index contributed by atoms with van der Waals surface area (Å²) in [5.74, 6) is 0.764. The minimum atomic E-state index is -0.395. The molecule has 0 radical (unpaired) electrons. The zero-order chi connectivity index (χ0) is 12.5. The zero-order valence-corrected chi connectivity index (χ0v) is 11.2. The molecule has 4 nitrogen and oxygen atoms in total. The number of ether oxygens (including phenoxy) is 1. The molecule has 0 spiro atoms. The highest BCUT2D eigenvalue weighted by molar-refractivity contribution is 5.68. The van der Waals surface area contributed by atoms with Gasteiger partial charge in [-0.2, -0.15) is 0 Å². The molecule has 1 N–H and O–H groups in total. The van der Waals surface area contributed by atoms with Crippen LogP contribution in [0.1, 0.15) is 40.0 Å². The van der Waals surface area contributed by atoms with Crippen molar-refractivity contribution in [1.29, 1.82) is 0 Å². The first-order valence-electron chi connectivity index (χ1n) is 6.67. The molecule has 98 valence electrons. The Balaban J connectivity index is 1.85. The van der Waals surface area contributed by atoms with E-state index in [1.807, 2.05) is 25.7 Å². The van der Waals surface area contributed by atoms with E-state index in [2.05, 4.69) is 5.32 Å². The van der Waals surface area contributed by atoms with Crippen LogP contribution in [-0.4, -0.2) is 42.3 Å². The van der Waals surface area contributed by atoms with Crippen molar-refractivity contribution in [2.75, 3.05) is 19.6 Å². The molecule has 0 aromatic carbocycles. The second kappa shape index (κ2) is 4.84. The van der Waals surface area contributed by atoms with Crippen molar-refractivity contribution in [2.24, 2.45) is 5.92 Å². The molecule has 2 rings (SSSR count). The van der Waals surface area contributed by atoms with E-state index in [1.54, 1.807) is 0 Å². The fourth-order valence-electron chi connectivity index (χ4n) is 2.43. The molecule has 2 aliphatic rings. The first-order valence-corrected chi connectivity index (χ1v) is 6.67. The predicted molar refractivity (Wildman–Crippen MR) is 66.9 cm³/mol. The van der Waals surface area contributed by atoms with Crippen molar-refractivity contribution in [3.8, 4) is 0 Å². The average Bonchev–Trinajstić information content (AvgIpc) is 2.12. The van der Waals surface area contributed by atoms with Gasteiger partial charge in [-0.05, 0) is 39.5 Å². The van der Waals surface area contributed by atoms with E-state index >= 15 is 0 Å². The maximum Gasteiger partial charge on any atom is 0.410 e. The lowest BCUT2D eigenvalue weighted by atomic mass is 9.79. The molecular weight excluding hydrogens is 216 g/mol. The Hall–Kier alpha value is -0.770. The Morgan fingerprint density at radius 3 is 2.59 bits per heavy atom. The van der Waals surface area contributed by atoms with Gasteiger partial charge >= 0.3 is 6.09 Å². The number of hydrogen-bond acceptors (Lipinski definition) is 3. The van der Waals surface area contributed by atoms with Gasteiger partial charge in [0.1, 0.15) is 5.60 Å². The summed E-state index contributed by atoms with van der Waals surface area (Å²) >= 11 is 0. The van der Waals surface area contributed by atoms with Gasteiger partial charge < -0.3 is 15.0 Å². The average molecular weight is 240 g/mol. The lowest BCUT2D eigenvalue weighted by Gasteiger charge is -2.41. The van der Waals surface area contributed by atoms with Gasteiger partial charge in [-0.25, -0.2) is 4.79 Å². The number of hydrogen-bond donors (Lipinski definition) is 1. The van der Waals surface area contributed by atoms with Crippen LogP contribution >= 0.6 is 0 Å². The van der Waals surface area contributed by atoms with E-state index in [4.69, 9.17) is 4.74 Å². The van der Waals surface area contributed by atoms with Gasteiger partial charge in [-0.3, -0.25) is 0 Å². The molecule has 1 atom stereocenters. The highest BCUT2D eigenvalue weighted by Crippen LogP contribution is 2.30. The Bertz CT molecular complexity index is 282. The van der Waals surface area contributed by atoms with Gasteiger partial charge in [-0.15, -0.1) is 0 Å². The summed E-state index contributed by atoms with van der Waals surface area (Å²) in [4.78, 5) is 13.8. The largest absolute Gasteiger partial charge is 0.444 e. The fourth-order valence-corrected chi connectivity index (χ4v) is 2.43. The Kier molecular flexibility index (Phi) is 3.61. The maximum atomic E-state index is 12.0. The fraction of sp³-hybridized carbons (Fsp3) is 0.923. The standard InChI is InChI=1S/C13H24N2O2/c1-13(2,3)17-12(16)15-8-7-14-11(9-15)10-5-4-6-10/h10-11,14H,4-9H2,1-3H3/t11-/m1/s1. The second-order valence-corrected chi connectivity index (χ2v) is 6.18. The zero-order valence-electron chi connectivity index (χ0n) is 11.2. The van der Waals surface area contributed by atoms with Crippen LogP contribution in [0.4, 0.5) is 4.79 Å². The van der Waals surface area contributed by atoms with E-state index in [0.717, 1.165) is 25.6 Å². The molecular formula is C13H24N2O2. The summed E-state index contributed by atoms with van der Waals surface area (Å²) in [6, 6.07) is 0.477. The van der Waals surface area contributed by atoms with Gasteiger partial charge in [0.2, 0.25) is 0 Å². The molecule has 4 heteroatoms. The van der Waals surface area contributed by atoms with Crippen LogP contribution in [0, 0.1) is 5.92 Å². The summed E-state index contributed by atoms with van der Waals surface area (Å²) in [6.45, 7) is 8.20. The molecule has 1 aliphatic carbocycles. The van der Waals surface area contributed by atoms with Crippen LogP contribution in [-0.2, 0) is 4.74 Å². The van der Waals surface area contributed by atoms with Crippen molar-refractivity contribution < 1.29 is 9.53 Å². The van der Waals surface area contributed by atoms with E-state index in [9.17, 15) is 4.79 Å². The van der Waals surface area contributed by atoms with Crippen LogP contribution in [0.2, 0.25) is 0 Å². The van der Waals surface area contributed by atoms with Crippen molar-refractivity contribution in [3.05, 3.63) is 0 Å². The number of piperazine rings is 1. The van der Waals surface area contributed by atoms with Crippen molar-refractivity contribution in [3.63, 3.8) is 0 Å². The highest BCUT2D eigenvalue weighted by Gasteiger charge is 2.33. The van der Waals surface area contributed by atoms with E-state index in [1.165, 1.54) is 19.3 Å². The third kappa shape index (κ3) is 3.35. The topological polar surface area (TPSA) is 41.6 Å². The molecule has 0 unspecified atom stereocenters. The van der Waals surface area contributed by atoms with Gasteiger partial charge in [0.15, 0.2) is 0 Å². The van der Waals surface area contributed by atoms with E-state index in [0.29, 0.717) is 6.04 Å². The minimum Gasteiger partial charge on any atom is -0.444 e. The maximum absolute atomic E-state index is 12.0. The molecule has 0 aromatic heterocycles. The number of carbonyl (C=O) groups is 1. The molecule has 1 saturated carbocycles. The third-order valence-electron chi connectivity index (χ3n) is 3.58. The number of nitrogens with one attached hydrogen (secondary N) is 1. The first kappa shape index (κ1) is 12.7. The van der Waals surface area contributed by atoms with Crippen molar-refractivity contribution in [2.45, 2.75) is 51.7 Å². The normalized spacial score (nSPS) is 26.5. The highest BCUT2D eigenvalue weighted by atomic mass is 16.6. The molecule has 0 bridgehead atoms. The molecule has 0 aromatic rings. The number of rotatable bonds is 1. The lowest BCUT2D eigenvalue weighted by molar-refractivity contribution is 0.0149. The Labute approximate surface area is 104 Å². The number of amides is 1. The number of carbonyl (C=O) groups excluding carboxylic acids is 1. The lowest BCUT2D eigenvalue weighted by Crippen LogP contribution is -2.57. The molecule has 1 saturated heterocycles. The summed E-state index contributed by atoms with van der Waals surface area (Å²) in [6.07, 6.45) is 3.79. The van der Waals surface area contributed by atoms with Crippen LogP contribution in [0.25, 0.3) is 0 Å². The smallest absolute Gasteiger partial charge is 0.410 e. The van der Waals surface area contributed by atoms with Crippen LogP contribution in [0.5, 0.6) is 0 Å². The second-order valence-electron chi connectivity index (χ2n) is 6.18. The van der Waals surface area contributed by atoms with Crippen molar-refractivity contribution in [1.82, 2.24) is 10.2 Å². The van der Waals surface area contributed by atoms with Gasteiger partial charge in [0.25, 0.3) is 0 Å². The van der Waals surface area contributed by atoms with E-state index in [-0.39, 0.29) is 6.09 Å². The summed E-state index contributed by atoms with van der Waals surface area (Å²) in [5, 5.41) is 3.52. The van der Waals surface area contributed by atoms with E-state index < -0.39 is 5.60 Å². The monoisotopic (exact) mass is 240 g/mol. The van der Waals surface area contributed by atoms with Crippen LogP contribution in [0.3, 0.4) is 0 Å². The van der Waals surface area contributed by atoms with Gasteiger partial charge in [-0.1, -0.05) is 6.42 Å². The molecule has 17 heavy (non-hydrogen) atoms. The molecule has 1 aliphatic heterocycles. The summed E-state index contributed by atoms with van der Waals surface area (Å²) in [7, 11) is 0. The molecule has 2 fully saturated rings. The Morgan fingerprint density at radius 1 is 1.35 bits per heavy atom. The Morgan fingerprint density at radius 2 is 2.06 bits per heavy atom. The summed E-state index contributed by atoms with van der Waals surface area (Å²) < 4.78 is 5.42. The number of nitrogens with zero attached hydrogens (tertiary/aromatic N) is 1. The summed E-state index contributed by atoms with van der Waals surface area (Å²) in [5.41, 5.74) is -0.395. The van der Waals surface area contributed by atoms with Crippen molar-refractivity contribution >= 4 is 6.09 Å². The molecule has 1 heterocycles. The molecule has 1 amide bonds. The van der Waals surface area contributed by atoms with Gasteiger partial charge in [0.05, 0.1) is 0 Å². The SMILES string of the molecule is CC(C)(C)OC(=O)N1CCN[C@@H](C2CCC2)C1. The third-order valence-corrected chi connectivity index (χ3v) is 3.58. The van der Waals surface area contributed by atoms with Crippen LogP contribution in [0.15, 0.2) is 0 Å².